The van der Waals surface area contributed by atoms with Gasteiger partial charge in [-0.25, -0.2) is 9.79 Å². The van der Waals surface area contributed by atoms with E-state index in [0.717, 1.165) is 22.0 Å². The summed E-state index contributed by atoms with van der Waals surface area (Å²) in [5.74, 6) is -0.493. The Morgan fingerprint density at radius 3 is 2.60 bits per heavy atom. The van der Waals surface area contributed by atoms with Crippen LogP contribution in [0.1, 0.15) is 30.5 Å². The topological polar surface area (TPSA) is 62.2 Å². The van der Waals surface area contributed by atoms with Crippen LogP contribution in [0.2, 0.25) is 5.02 Å². The summed E-state index contributed by atoms with van der Waals surface area (Å²) in [5.41, 5.74) is 3.70. The molecule has 1 atom stereocenters. The van der Waals surface area contributed by atoms with Crippen molar-refractivity contribution in [1.82, 2.24) is 9.80 Å². The average Bonchev–Trinajstić information content (AvgIpc) is 3.24. The highest BCUT2D eigenvalue weighted by Crippen LogP contribution is 2.45. The molecule has 0 N–H and O–H groups in total. The first kappa shape index (κ1) is 24.8. The average molecular weight is 508 g/mol. The first-order chi connectivity index (χ1) is 16.9. The molecule has 0 spiro atoms. The van der Waals surface area contributed by atoms with Crippen LogP contribution in [0.5, 0.6) is 0 Å². The number of allylic oxidation sites excluding steroid dienone is 1. The minimum absolute atomic E-state index is 0.0288. The van der Waals surface area contributed by atoms with Crippen LogP contribution in [0.15, 0.2) is 94.6 Å². The molecule has 2 aromatic rings. The number of fused-ring (bicyclic) bond motifs is 1. The Bertz CT molecular complexity index is 1220. The number of rotatable bonds is 8. The summed E-state index contributed by atoms with van der Waals surface area (Å²) < 4.78 is 5.41. The molecule has 0 aliphatic carbocycles. The molecular weight excluding hydrogens is 482 g/mol. The van der Waals surface area contributed by atoms with Crippen LogP contribution in [0.3, 0.4) is 0 Å². The van der Waals surface area contributed by atoms with Crippen molar-refractivity contribution in [2.24, 2.45) is 4.99 Å². The third kappa shape index (κ3) is 5.52. The maximum atomic E-state index is 13.2. The zero-order valence-electron chi connectivity index (χ0n) is 19.6. The van der Waals surface area contributed by atoms with E-state index in [2.05, 4.69) is 11.6 Å². The van der Waals surface area contributed by atoms with Gasteiger partial charge in [-0.15, -0.1) is 0 Å². The number of amides is 1. The normalized spacial score (nSPS) is 16.9. The van der Waals surface area contributed by atoms with Gasteiger partial charge in [0.1, 0.15) is 6.61 Å². The van der Waals surface area contributed by atoms with Gasteiger partial charge >= 0.3 is 5.97 Å². The van der Waals surface area contributed by atoms with Crippen molar-refractivity contribution in [3.63, 3.8) is 0 Å². The predicted octanol–water partition coefficient (Wildman–Crippen LogP) is 5.69. The van der Waals surface area contributed by atoms with Gasteiger partial charge in [0.15, 0.2) is 5.17 Å². The van der Waals surface area contributed by atoms with Gasteiger partial charge in [0, 0.05) is 24.3 Å². The van der Waals surface area contributed by atoms with Gasteiger partial charge in [-0.1, -0.05) is 78.5 Å². The van der Waals surface area contributed by atoms with Crippen molar-refractivity contribution in [3.05, 3.63) is 106 Å². The maximum Gasteiger partial charge on any atom is 0.338 e. The smallest absolute Gasteiger partial charge is 0.338 e. The van der Waals surface area contributed by atoms with Crippen LogP contribution < -0.4 is 0 Å². The number of halogens is 1. The molecule has 2 aliphatic rings. The second-order valence-corrected chi connectivity index (χ2v) is 9.52. The molecule has 2 aliphatic heterocycles. The van der Waals surface area contributed by atoms with E-state index in [1.165, 1.54) is 17.8 Å². The molecule has 0 saturated heterocycles. The molecule has 0 radical (unpaired) electrons. The van der Waals surface area contributed by atoms with Gasteiger partial charge in [0.2, 0.25) is 5.91 Å². The number of hydrogen-bond donors (Lipinski definition) is 0. The lowest BCUT2D eigenvalue weighted by Gasteiger charge is -2.36. The van der Waals surface area contributed by atoms with E-state index in [0.29, 0.717) is 22.8 Å². The van der Waals surface area contributed by atoms with Crippen molar-refractivity contribution in [2.45, 2.75) is 25.9 Å². The predicted molar refractivity (Wildman–Crippen MR) is 141 cm³/mol. The standard InChI is InChI=1S/C27H26ClN3O3S/c1-4-14-34-26(33)24-18(2)29-27-31(25(24)20-10-12-21(28)13-11-20)22(17-35-27)15-23(32)30(3)16-19-8-6-5-7-9-19/h4-13,17,25H,1,14-16H2,2-3H3. The van der Waals surface area contributed by atoms with Crippen LogP contribution in [0, 0.1) is 0 Å². The van der Waals surface area contributed by atoms with Crippen molar-refractivity contribution in [2.75, 3.05) is 13.7 Å². The lowest BCUT2D eigenvalue weighted by molar-refractivity contribution is -0.138. The Morgan fingerprint density at radius 2 is 1.91 bits per heavy atom. The van der Waals surface area contributed by atoms with Crippen molar-refractivity contribution < 1.29 is 14.3 Å². The number of nitrogens with zero attached hydrogens (tertiary/aromatic N) is 3. The lowest BCUT2D eigenvalue weighted by atomic mass is 9.94. The molecule has 1 amide bonds. The molecule has 0 bridgehead atoms. The minimum Gasteiger partial charge on any atom is -0.458 e. The number of esters is 1. The quantitative estimate of drug-likeness (QED) is 0.339. The number of aliphatic imine (C=N–C) groups is 1. The SMILES string of the molecule is C=CCOC(=O)C1=C(C)N=C2SC=C(CC(=O)N(C)Cc3ccccc3)N2C1c1ccc(Cl)cc1. The lowest BCUT2D eigenvalue weighted by Crippen LogP contribution is -2.38. The van der Waals surface area contributed by atoms with E-state index in [4.69, 9.17) is 16.3 Å². The number of hydrogen-bond acceptors (Lipinski definition) is 6. The van der Waals surface area contributed by atoms with Crippen LogP contribution in [0.25, 0.3) is 0 Å². The molecule has 8 heteroatoms. The second kappa shape index (κ2) is 11.0. The Kier molecular flexibility index (Phi) is 7.78. The number of carbonyl (C=O) groups excluding carboxylic acids is 2. The first-order valence-electron chi connectivity index (χ1n) is 11.1. The Hall–Kier alpha value is -3.29. The second-order valence-electron chi connectivity index (χ2n) is 8.24. The van der Waals surface area contributed by atoms with E-state index in [-0.39, 0.29) is 18.9 Å². The third-order valence-electron chi connectivity index (χ3n) is 5.76. The third-order valence-corrected chi connectivity index (χ3v) is 6.90. The summed E-state index contributed by atoms with van der Waals surface area (Å²) >= 11 is 7.58. The maximum absolute atomic E-state index is 13.2. The van der Waals surface area contributed by atoms with Crippen LogP contribution >= 0.6 is 23.4 Å². The number of thioether (sulfide) groups is 1. The number of ether oxygens (including phenoxy) is 1. The molecule has 2 heterocycles. The Morgan fingerprint density at radius 1 is 1.20 bits per heavy atom. The minimum atomic E-state index is -0.495. The van der Waals surface area contributed by atoms with Crippen molar-refractivity contribution in [3.8, 4) is 0 Å². The summed E-state index contributed by atoms with van der Waals surface area (Å²) in [6.45, 7) is 6.04. The van der Waals surface area contributed by atoms with Crippen molar-refractivity contribution >= 4 is 40.4 Å². The fourth-order valence-electron chi connectivity index (χ4n) is 4.04. The largest absolute Gasteiger partial charge is 0.458 e. The molecular formula is C27H26ClN3O3S. The van der Waals surface area contributed by atoms with E-state index in [1.807, 2.05) is 52.8 Å². The fraction of sp³-hybridized carbons (Fsp3) is 0.222. The van der Waals surface area contributed by atoms with E-state index >= 15 is 0 Å². The molecule has 2 aromatic carbocycles. The summed E-state index contributed by atoms with van der Waals surface area (Å²) in [7, 11) is 1.79. The molecule has 35 heavy (non-hydrogen) atoms. The molecule has 1 unspecified atom stereocenters. The molecule has 0 saturated carbocycles. The zero-order valence-corrected chi connectivity index (χ0v) is 21.2. The van der Waals surface area contributed by atoms with Gasteiger partial charge in [-0.3, -0.25) is 4.79 Å². The van der Waals surface area contributed by atoms with Gasteiger partial charge < -0.3 is 14.5 Å². The van der Waals surface area contributed by atoms with Gasteiger partial charge in [-0.05, 0) is 35.6 Å². The molecule has 4 rings (SSSR count). The van der Waals surface area contributed by atoms with E-state index in [9.17, 15) is 9.59 Å². The highest BCUT2D eigenvalue weighted by Gasteiger charge is 2.41. The van der Waals surface area contributed by atoms with Gasteiger partial charge in [0.05, 0.1) is 23.7 Å². The monoisotopic (exact) mass is 507 g/mol. The van der Waals surface area contributed by atoms with E-state index in [1.54, 1.807) is 31.0 Å². The highest BCUT2D eigenvalue weighted by molar-refractivity contribution is 8.16. The molecule has 0 fully saturated rings. The number of benzene rings is 2. The number of carbonyl (C=O) groups is 2. The zero-order chi connectivity index (χ0) is 24.9. The summed E-state index contributed by atoms with van der Waals surface area (Å²) in [6, 6.07) is 16.7. The van der Waals surface area contributed by atoms with Crippen LogP contribution in [0.4, 0.5) is 0 Å². The molecule has 180 valence electrons. The summed E-state index contributed by atoms with van der Waals surface area (Å²) in [6.07, 6.45) is 1.70. The van der Waals surface area contributed by atoms with Crippen LogP contribution in [-0.2, 0) is 20.9 Å². The Balaban J connectivity index is 1.63. The molecule has 0 aromatic heterocycles. The van der Waals surface area contributed by atoms with E-state index < -0.39 is 12.0 Å². The molecule has 6 nitrogen and oxygen atoms in total. The van der Waals surface area contributed by atoms with Crippen molar-refractivity contribution in [1.29, 1.82) is 0 Å². The van der Waals surface area contributed by atoms with Gasteiger partial charge in [-0.2, -0.15) is 0 Å². The first-order valence-corrected chi connectivity index (χ1v) is 12.4. The number of amidine groups is 1. The Labute approximate surface area is 214 Å². The van der Waals surface area contributed by atoms with Crippen LogP contribution in [-0.4, -0.2) is 40.5 Å². The van der Waals surface area contributed by atoms with Gasteiger partial charge in [0.25, 0.3) is 0 Å². The highest BCUT2D eigenvalue weighted by atomic mass is 35.5. The fourth-order valence-corrected chi connectivity index (χ4v) is 5.13. The summed E-state index contributed by atoms with van der Waals surface area (Å²) in [5, 5.41) is 3.25. The summed E-state index contributed by atoms with van der Waals surface area (Å²) in [4.78, 5) is 34.6.